The molecule has 0 amide bonds. The second kappa shape index (κ2) is 4.67. The Balaban J connectivity index is 2.06. The number of nitrogens with zero attached hydrogens (tertiary/aromatic N) is 2. The number of rotatable bonds is 3. The molecule has 2 heterocycles. The van der Waals surface area contributed by atoms with E-state index >= 15 is 0 Å². The van der Waals surface area contributed by atoms with Gasteiger partial charge in [-0.05, 0) is 26.3 Å². The molecule has 1 N–H and O–H groups in total. The van der Waals surface area contributed by atoms with Gasteiger partial charge in [0.25, 0.3) is 0 Å². The molecule has 1 aliphatic rings. The molecule has 0 aliphatic carbocycles. The maximum atomic E-state index is 11.3. The SMILES string of the molecule is CCOC(=O)c1nnc([C@@H]2CCCN2)s1. The molecule has 2 rings (SSSR count). The van der Waals surface area contributed by atoms with Crippen LogP contribution in [0.1, 0.15) is 40.6 Å². The summed E-state index contributed by atoms with van der Waals surface area (Å²) in [6.45, 7) is 3.16. The number of hydrogen-bond acceptors (Lipinski definition) is 6. The fourth-order valence-electron chi connectivity index (χ4n) is 1.55. The van der Waals surface area contributed by atoms with Crippen LogP contribution in [-0.4, -0.2) is 29.3 Å². The molecule has 0 radical (unpaired) electrons. The summed E-state index contributed by atoms with van der Waals surface area (Å²) in [5.74, 6) is -0.376. The molecule has 0 aromatic carbocycles. The van der Waals surface area contributed by atoms with Crippen LogP contribution in [0.4, 0.5) is 0 Å². The minimum atomic E-state index is -0.376. The summed E-state index contributed by atoms with van der Waals surface area (Å²) in [6, 6.07) is 0.269. The summed E-state index contributed by atoms with van der Waals surface area (Å²) < 4.78 is 4.85. The highest BCUT2D eigenvalue weighted by Crippen LogP contribution is 2.25. The molecule has 1 aliphatic heterocycles. The summed E-state index contributed by atoms with van der Waals surface area (Å²) in [5, 5.41) is 12.4. The van der Waals surface area contributed by atoms with E-state index < -0.39 is 0 Å². The lowest BCUT2D eigenvalue weighted by molar-refractivity contribution is 0.0525. The van der Waals surface area contributed by atoms with Crippen LogP contribution in [-0.2, 0) is 4.74 Å². The van der Waals surface area contributed by atoms with Gasteiger partial charge in [0.1, 0.15) is 5.01 Å². The Morgan fingerprint density at radius 3 is 3.20 bits per heavy atom. The Bertz CT molecular complexity index is 347. The number of esters is 1. The largest absolute Gasteiger partial charge is 0.461 e. The van der Waals surface area contributed by atoms with E-state index in [0.717, 1.165) is 24.4 Å². The highest BCUT2D eigenvalue weighted by atomic mass is 32.1. The van der Waals surface area contributed by atoms with Gasteiger partial charge in [0, 0.05) is 0 Å². The van der Waals surface area contributed by atoms with Crippen molar-refractivity contribution in [1.82, 2.24) is 15.5 Å². The van der Waals surface area contributed by atoms with Crippen LogP contribution < -0.4 is 5.32 Å². The molecular weight excluding hydrogens is 214 g/mol. The summed E-state index contributed by atoms with van der Waals surface area (Å²) in [7, 11) is 0. The van der Waals surface area contributed by atoms with Crippen LogP contribution in [0.3, 0.4) is 0 Å². The van der Waals surface area contributed by atoms with Crippen molar-refractivity contribution in [3.8, 4) is 0 Å². The molecule has 1 fully saturated rings. The Morgan fingerprint density at radius 1 is 1.67 bits per heavy atom. The van der Waals surface area contributed by atoms with Crippen molar-refractivity contribution in [2.45, 2.75) is 25.8 Å². The highest BCUT2D eigenvalue weighted by Gasteiger charge is 2.22. The lowest BCUT2D eigenvalue weighted by Crippen LogP contribution is -2.12. The monoisotopic (exact) mass is 227 g/mol. The van der Waals surface area contributed by atoms with Gasteiger partial charge in [0.2, 0.25) is 5.01 Å². The molecule has 82 valence electrons. The van der Waals surface area contributed by atoms with E-state index in [1.807, 2.05) is 0 Å². The number of nitrogens with one attached hydrogen (secondary N) is 1. The number of aromatic nitrogens is 2. The van der Waals surface area contributed by atoms with Crippen LogP contribution >= 0.6 is 11.3 Å². The van der Waals surface area contributed by atoms with Crippen LogP contribution in [0.25, 0.3) is 0 Å². The fourth-order valence-corrected chi connectivity index (χ4v) is 2.39. The summed E-state index contributed by atoms with van der Waals surface area (Å²) in [4.78, 5) is 11.3. The molecule has 0 saturated carbocycles. The topological polar surface area (TPSA) is 64.1 Å². The third-order valence-electron chi connectivity index (χ3n) is 2.25. The molecule has 6 heteroatoms. The van der Waals surface area contributed by atoms with E-state index in [2.05, 4.69) is 15.5 Å². The number of ether oxygens (including phenoxy) is 1. The Labute approximate surface area is 91.9 Å². The molecule has 1 atom stereocenters. The van der Waals surface area contributed by atoms with Crippen molar-refractivity contribution in [3.63, 3.8) is 0 Å². The minimum Gasteiger partial charge on any atom is -0.461 e. The molecule has 15 heavy (non-hydrogen) atoms. The molecule has 0 bridgehead atoms. The predicted molar refractivity (Wildman–Crippen MR) is 55.8 cm³/mol. The van der Waals surface area contributed by atoms with Gasteiger partial charge in [-0.25, -0.2) is 4.79 Å². The van der Waals surface area contributed by atoms with Crippen LogP contribution in [0, 0.1) is 0 Å². The first-order valence-corrected chi connectivity index (χ1v) is 5.87. The van der Waals surface area contributed by atoms with Gasteiger partial charge in [-0.2, -0.15) is 0 Å². The fraction of sp³-hybridized carbons (Fsp3) is 0.667. The van der Waals surface area contributed by atoms with Gasteiger partial charge in [-0.3, -0.25) is 0 Å². The Hall–Kier alpha value is -1.01. The molecule has 1 aromatic rings. The summed E-state index contributed by atoms with van der Waals surface area (Å²) in [5.41, 5.74) is 0. The number of hydrogen-bond donors (Lipinski definition) is 1. The van der Waals surface area contributed by atoms with Crippen molar-refractivity contribution < 1.29 is 9.53 Å². The highest BCUT2D eigenvalue weighted by molar-refractivity contribution is 7.13. The van der Waals surface area contributed by atoms with Crippen molar-refractivity contribution >= 4 is 17.3 Å². The Kier molecular flexibility index (Phi) is 3.27. The van der Waals surface area contributed by atoms with Crippen molar-refractivity contribution in [2.75, 3.05) is 13.2 Å². The van der Waals surface area contributed by atoms with Crippen molar-refractivity contribution in [2.24, 2.45) is 0 Å². The third-order valence-corrected chi connectivity index (χ3v) is 3.27. The lowest BCUT2D eigenvalue weighted by Gasteiger charge is -2.02. The van der Waals surface area contributed by atoms with Gasteiger partial charge in [-0.1, -0.05) is 11.3 Å². The number of carbonyl (C=O) groups excluding carboxylic acids is 1. The van der Waals surface area contributed by atoms with Crippen LogP contribution in [0.2, 0.25) is 0 Å². The maximum absolute atomic E-state index is 11.3. The molecular formula is C9H13N3O2S. The molecule has 1 aromatic heterocycles. The average molecular weight is 227 g/mol. The molecule has 5 nitrogen and oxygen atoms in total. The average Bonchev–Trinajstić information content (AvgIpc) is 2.89. The van der Waals surface area contributed by atoms with Crippen molar-refractivity contribution in [3.05, 3.63) is 10.0 Å². The van der Waals surface area contributed by atoms with Crippen molar-refractivity contribution in [1.29, 1.82) is 0 Å². The van der Waals surface area contributed by atoms with E-state index in [4.69, 9.17) is 4.74 Å². The van der Waals surface area contributed by atoms with E-state index in [1.165, 1.54) is 11.3 Å². The standard InChI is InChI=1S/C9H13N3O2S/c1-2-14-9(13)8-12-11-7(15-8)6-4-3-5-10-6/h6,10H,2-5H2,1H3/t6-/m0/s1. The predicted octanol–water partition coefficient (Wildman–Crippen LogP) is 1.14. The summed E-state index contributed by atoms with van der Waals surface area (Å²) in [6.07, 6.45) is 2.22. The minimum absolute atomic E-state index is 0.269. The lowest BCUT2D eigenvalue weighted by atomic mass is 10.2. The molecule has 0 spiro atoms. The summed E-state index contributed by atoms with van der Waals surface area (Å²) >= 11 is 1.32. The van der Waals surface area contributed by atoms with E-state index in [9.17, 15) is 4.79 Å². The zero-order valence-corrected chi connectivity index (χ0v) is 9.34. The van der Waals surface area contributed by atoms with Gasteiger partial charge >= 0.3 is 5.97 Å². The zero-order valence-electron chi connectivity index (χ0n) is 8.52. The molecule has 1 saturated heterocycles. The van der Waals surface area contributed by atoms with E-state index in [1.54, 1.807) is 6.92 Å². The first kappa shape index (κ1) is 10.5. The van der Waals surface area contributed by atoms with Gasteiger partial charge in [0.15, 0.2) is 0 Å². The van der Waals surface area contributed by atoms with Crippen LogP contribution in [0.5, 0.6) is 0 Å². The van der Waals surface area contributed by atoms with Crippen LogP contribution in [0.15, 0.2) is 0 Å². The smallest absolute Gasteiger partial charge is 0.369 e. The second-order valence-electron chi connectivity index (χ2n) is 3.31. The Morgan fingerprint density at radius 2 is 2.53 bits per heavy atom. The third kappa shape index (κ3) is 2.32. The van der Waals surface area contributed by atoms with Gasteiger partial charge in [-0.15, -0.1) is 10.2 Å². The number of carbonyl (C=O) groups is 1. The van der Waals surface area contributed by atoms with Gasteiger partial charge in [0.05, 0.1) is 12.6 Å². The van der Waals surface area contributed by atoms with E-state index in [-0.39, 0.29) is 12.0 Å². The second-order valence-corrected chi connectivity index (χ2v) is 4.32. The quantitative estimate of drug-likeness (QED) is 0.784. The maximum Gasteiger partial charge on any atom is 0.369 e. The first-order valence-electron chi connectivity index (χ1n) is 5.05. The molecule has 0 unspecified atom stereocenters. The van der Waals surface area contributed by atoms with Gasteiger partial charge < -0.3 is 10.1 Å². The normalized spacial score (nSPS) is 20.5. The van der Waals surface area contributed by atoms with E-state index in [0.29, 0.717) is 11.6 Å². The first-order chi connectivity index (χ1) is 7.31. The zero-order chi connectivity index (χ0) is 10.7.